The molecule has 0 spiro atoms. The van der Waals surface area contributed by atoms with Gasteiger partial charge in [0.05, 0.1) is 17.8 Å². The monoisotopic (exact) mass is 334 g/mol. The van der Waals surface area contributed by atoms with Gasteiger partial charge in [-0.3, -0.25) is 14.7 Å². The first-order valence-corrected chi connectivity index (χ1v) is 8.25. The standard InChI is InChI=1S/C19H18N4O2/c24-18-9-16(12-23(18)11-13-4-2-1-3-5-13)21-19(25)14-6-7-17-15(8-14)10-20-22-17/h1-8,10,16H,9,11-12H2,(H,20,22)(H,21,25). The highest BCUT2D eigenvalue weighted by Crippen LogP contribution is 2.17. The molecule has 2 aromatic carbocycles. The molecule has 25 heavy (non-hydrogen) atoms. The fraction of sp³-hybridized carbons (Fsp3) is 0.211. The molecule has 0 saturated carbocycles. The fourth-order valence-electron chi connectivity index (χ4n) is 3.18. The van der Waals surface area contributed by atoms with E-state index in [1.165, 1.54) is 0 Å². The predicted octanol–water partition coefficient (Wildman–Crippen LogP) is 2.09. The first-order chi connectivity index (χ1) is 12.2. The Hall–Kier alpha value is -3.15. The lowest BCUT2D eigenvalue weighted by atomic mass is 10.1. The summed E-state index contributed by atoms with van der Waals surface area (Å²) in [5, 5.41) is 10.7. The van der Waals surface area contributed by atoms with Gasteiger partial charge in [0.1, 0.15) is 0 Å². The van der Waals surface area contributed by atoms with Crippen LogP contribution in [-0.2, 0) is 11.3 Å². The number of hydrogen-bond acceptors (Lipinski definition) is 3. The third-order valence-corrected chi connectivity index (χ3v) is 4.47. The Balaban J connectivity index is 1.41. The van der Waals surface area contributed by atoms with Crippen molar-refractivity contribution < 1.29 is 9.59 Å². The number of benzene rings is 2. The van der Waals surface area contributed by atoms with Crippen LogP contribution in [0.4, 0.5) is 0 Å². The number of likely N-dealkylation sites (tertiary alicyclic amines) is 1. The van der Waals surface area contributed by atoms with E-state index in [9.17, 15) is 9.59 Å². The summed E-state index contributed by atoms with van der Waals surface area (Å²) >= 11 is 0. The molecule has 2 heterocycles. The first-order valence-electron chi connectivity index (χ1n) is 8.25. The number of nitrogens with one attached hydrogen (secondary N) is 2. The zero-order chi connectivity index (χ0) is 17.2. The van der Waals surface area contributed by atoms with Crippen molar-refractivity contribution in [3.63, 3.8) is 0 Å². The van der Waals surface area contributed by atoms with Crippen molar-refractivity contribution in [2.45, 2.75) is 19.0 Å². The second-order valence-corrected chi connectivity index (χ2v) is 6.31. The lowest BCUT2D eigenvalue weighted by Gasteiger charge is -2.17. The third kappa shape index (κ3) is 3.24. The van der Waals surface area contributed by atoms with E-state index in [0.717, 1.165) is 16.5 Å². The summed E-state index contributed by atoms with van der Waals surface area (Å²) in [6.07, 6.45) is 2.03. The Morgan fingerprint density at radius 1 is 1.24 bits per heavy atom. The summed E-state index contributed by atoms with van der Waals surface area (Å²) in [5.74, 6) is -0.0955. The van der Waals surface area contributed by atoms with E-state index < -0.39 is 0 Å². The molecule has 1 saturated heterocycles. The largest absolute Gasteiger partial charge is 0.347 e. The van der Waals surface area contributed by atoms with Gasteiger partial charge in [-0.15, -0.1) is 0 Å². The minimum atomic E-state index is -0.164. The second-order valence-electron chi connectivity index (χ2n) is 6.31. The summed E-state index contributed by atoms with van der Waals surface area (Å²) in [6, 6.07) is 15.1. The van der Waals surface area contributed by atoms with Gasteiger partial charge in [-0.1, -0.05) is 30.3 Å². The highest BCUT2D eigenvalue weighted by molar-refractivity contribution is 5.98. The SMILES string of the molecule is O=C(NC1CC(=O)N(Cc2ccccc2)C1)c1ccc2[nH]ncc2c1. The maximum atomic E-state index is 12.5. The van der Waals surface area contributed by atoms with Crippen LogP contribution in [0.5, 0.6) is 0 Å². The summed E-state index contributed by atoms with van der Waals surface area (Å²) in [5.41, 5.74) is 2.55. The average molecular weight is 334 g/mol. The number of aromatic nitrogens is 2. The molecular formula is C19H18N4O2. The van der Waals surface area contributed by atoms with Crippen LogP contribution in [0.25, 0.3) is 10.9 Å². The van der Waals surface area contributed by atoms with E-state index in [1.807, 2.05) is 36.4 Å². The molecular weight excluding hydrogens is 316 g/mol. The predicted molar refractivity (Wildman–Crippen MR) is 93.8 cm³/mol. The van der Waals surface area contributed by atoms with E-state index in [4.69, 9.17) is 0 Å². The van der Waals surface area contributed by atoms with Crippen molar-refractivity contribution in [3.8, 4) is 0 Å². The third-order valence-electron chi connectivity index (χ3n) is 4.47. The Kier molecular flexibility index (Phi) is 3.93. The number of carbonyl (C=O) groups excluding carboxylic acids is 2. The van der Waals surface area contributed by atoms with Crippen molar-refractivity contribution in [2.24, 2.45) is 0 Å². The molecule has 6 heteroatoms. The molecule has 0 radical (unpaired) electrons. The van der Waals surface area contributed by atoms with Crippen LogP contribution in [0.15, 0.2) is 54.7 Å². The van der Waals surface area contributed by atoms with Gasteiger partial charge in [0.2, 0.25) is 5.91 Å². The maximum absolute atomic E-state index is 12.5. The smallest absolute Gasteiger partial charge is 0.251 e. The molecule has 1 atom stereocenters. The van der Waals surface area contributed by atoms with Crippen LogP contribution in [0.2, 0.25) is 0 Å². The van der Waals surface area contributed by atoms with Gasteiger partial charge in [-0.25, -0.2) is 0 Å². The number of fused-ring (bicyclic) bond motifs is 1. The number of nitrogens with zero attached hydrogens (tertiary/aromatic N) is 2. The van der Waals surface area contributed by atoms with Crippen LogP contribution < -0.4 is 5.32 Å². The van der Waals surface area contributed by atoms with Crippen molar-refractivity contribution in [1.29, 1.82) is 0 Å². The summed E-state index contributed by atoms with van der Waals surface area (Å²) in [6.45, 7) is 1.11. The zero-order valence-electron chi connectivity index (χ0n) is 13.6. The van der Waals surface area contributed by atoms with Crippen molar-refractivity contribution >= 4 is 22.7 Å². The van der Waals surface area contributed by atoms with Gasteiger partial charge in [0.15, 0.2) is 0 Å². The minimum Gasteiger partial charge on any atom is -0.347 e. The van der Waals surface area contributed by atoms with E-state index in [1.54, 1.807) is 23.2 Å². The summed E-state index contributed by atoms with van der Waals surface area (Å²) in [7, 11) is 0. The molecule has 1 aliphatic rings. The van der Waals surface area contributed by atoms with Gasteiger partial charge in [0, 0.05) is 30.5 Å². The molecule has 2 N–H and O–H groups in total. The minimum absolute atomic E-state index is 0.0689. The fourth-order valence-corrected chi connectivity index (χ4v) is 3.18. The van der Waals surface area contributed by atoms with Crippen LogP contribution in [0.3, 0.4) is 0 Å². The number of hydrogen-bond donors (Lipinski definition) is 2. The first kappa shape index (κ1) is 15.4. The van der Waals surface area contributed by atoms with Crippen molar-refractivity contribution in [1.82, 2.24) is 20.4 Å². The van der Waals surface area contributed by atoms with Crippen LogP contribution in [0.1, 0.15) is 22.3 Å². The molecule has 3 aromatic rings. The normalized spacial score (nSPS) is 17.2. The second kappa shape index (κ2) is 6.39. The zero-order valence-corrected chi connectivity index (χ0v) is 13.6. The number of aromatic amines is 1. The van der Waals surface area contributed by atoms with Crippen LogP contribution in [-0.4, -0.2) is 39.5 Å². The highest BCUT2D eigenvalue weighted by Gasteiger charge is 2.30. The molecule has 1 fully saturated rings. The van der Waals surface area contributed by atoms with Gasteiger partial charge >= 0.3 is 0 Å². The van der Waals surface area contributed by atoms with E-state index in [-0.39, 0.29) is 17.9 Å². The van der Waals surface area contributed by atoms with Crippen LogP contribution >= 0.6 is 0 Å². The Labute approximate surface area is 144 Å². The number of amides is 2. The molecule has 0 aliphatic carbocycles. The lowest BCUT2D eigenvalue weighted by Crippen LogP contribution is -2.37. The molecule has 126 valence electrons. The molecule has 2 amide bonds. The van der Waals surface area contributed by atoms with E-state index in [2.05, 4.69) is 15.5 Å². The molecule has 6 nitrogen and oxygen atoms in total. The number of carbonyl (C=O) groups is 2. The molecule has 1 unspecified atom stereocenters. The molecule has 1 aliphatic heterocycles. The lowest BCUT2D eigenvalue weighted by molar-refractivity contribution is -0.128. The van der Waals surface area contributed by atoms with Gasteiger partial charge < -0.3 is 10.2 Å². The maximum Gasteiger partial charge on any atom is 0.251 e. The van der Waals surface area contributed by atoms with Crippen molar-refractivity contribution in [3.05, 3.63) is 65.9 Å². The Morgan fingerprint density at radius 3 is 2.92 bits per heavy atom. The Morgan fingerprint density at radius 2 is 2.08 bits per heavy atom. The number of H-pyrrole nitrogens is 1. The van der Waals surface area contributed by atoms with Gasteiger partial charge in [-0.05, 0) is 23.8 Å². The van der Waals surface area contributed by atoms with Crippen molar-refractivity contribution in [2.75, 3.05) is 6.54 Å². The Bertz CT molecular complexity index is 919. The average Bonchev–Trinajstić information content (AvgIpc) is 3.22. The van der Waals surface area contributed by atoms with E-state index >= 15 is 0 Å². The van der Waals surface area contributed by atoms with Gasteiger partial charge in [0.25, 0.3) is 5.91 Å². The quantitative estimate of drug-likeness (QED) is 0.767. The summed E-state index contributed by atoms with van der Waals surface area (Å²) < 4.78 is 0. The topological polar surface area (TPSA) is 78.1 Å². The van der Waals surface area contributed by atoms with Gasteiger partial charge in [-0.2, -0.15) is 5.10 Å². The molecule has 1 aromatic heterocycles. The highest BCUT2D eigenvalue weighted by atomic mass is 16.2. The summed E-state index contributed by atoms with van der Waals surface area (Å²) in [4.78, 5) is 26.5. The van der Waals surface area contributed by atoms with Crippen LogP contribution in [0, 0.1) is 0 Å². The molecule has 4 rings (SSSR count). The van der Waals surface area contributed by atoms with E-state index in [0.29, 0.717) is 25.1 Å². The molecule has 0 bridgehead atoms. The number of rotatable bonds is 4.